The number of hydrogen-bond acceptors (Lipinski definition) is 8. The van der Waals surface area contributed by atoms with Crippen molar-refractivity contribution in [2.75, 3.05) is 0 Å². The zero-order valence-corrected chi connectivity index (χ0v) is 24.8. The lowest BCUT2D eigenvalue weighted by atomic mass is 9.49. The van der Waals surface area contributed by atoms with Crippen molar-refractivity contribution in [1.82, 2.24) is 0 Å². The van der Waals surface area contributed by atoms with Crippen LogP contribution in [0.4, 0.5) is 0 Å². The number of carbonyl (C=O) groups excluding carboxylic acids is 3. The SMILES string of the molecule is C=C1C(OC(=O)C=Cc2ccccc2)CC(O)C2(C)C1CC1CC(OC(C)=O)C(C)=C(C(OC(C)=O)C2O)C1(C)C. The van der Waals surface area contributed by atoms with E-state index < -0.39 is 65.2 Å². The van der Waals surface area contributed by atoms with Gasteiger partial charge in [0.15, 0.2) is 6.10 Å². The fraction of sp³-hybridized carbons (Fsp3) is 0.545. The predicted octanol–water partition coefficient (Wildman–Crippen LogP) is 4.55. The highest BCUT2D eigenvalue weighted by molar-refractivity contribution is 5.87. The molecular formula is C33H42O8. The van der Waals surface area contributed by atoms with Crippen LogP contribution < -0.4 is 0 Å². The Bertz CT molecular complexity index is 1260. The predicted molar refractivity (Wildman–Crippen MR) is 153 cm³/mol. The van der Waals surface area contributed by atoms with E-state index in [9.17, 15) is 24.6 Å². The Hall–Kier alpha value is -3.23. The third-order valence-corrected chi connectivity index (χ3v) is 9.69. The third-order valence-electron chi connectivity index (χ3n) is 9.69. The molecule has 0 aliphatic heterocycles. The number of esters is 3. The first-order valence-electron chi connectivity index (χ1n) is 14.2. The number of ether oxygens (including phenoxy) is 3. The summed E-state index contributed by atoms with van der Waals surface area (Å²) in [4.78, 5) is 37.2. The minimum atomic E-state index is -1.31. The molecule has 8 heteroatoms. The standard InChI is InChI=1S/C33H42O8/c1-18-24-15-23-16-25(39-20(3)34)19(2)29(32(23,5)6)30(40-21(4)35)31(38)33(24,7)27(36)17-26(18)41-28(37)14-13-22-11-9-8-10-12-22/h8-14,23-27,30-31,36,38H,1,15-17H2,2-7H3. The first kappa shape index (κ1) is 30.7. The quantitative estimate of drug-likeness (QED) is 0.231. The van der Waals surface area contributed by atoms with Crippen LogP contribution in [0.3, 0.4) is 0 Å². The second-order valence-corrected chi connectivity index (χ2v) is 12.5. The van der Waals surface area contributed by atoms with Crippen molar-refractivity contribution in [3.8, 4) is 0 Å². The molecule has 41 heavy (non-hydrogen) atoms. The lowest BCUT2D eigenvalue weighted by Gasteiger charge is -2.58. The summed E-state index contributed by atoms with van der Waals surface area (Å²) in [5.74, 6) is -2.13. The zero-order valence-electron chi connectivity index (χ0n) is 24.8. The summed E-state index contributed by atoms with van der Waals surface area (Å²) in [5.41, 5.74) is 1.19. The van der Waals surface area contributed by atoms with E-state index in [1.165, 1.54) is 19.9 Å². The largest absolute Gasteiger partial charge is 0.458 e. The van der Waals surface area contributed by atoms with Crippen LogP contribution in [0.2, 0.25) is 0 Å². The van der Waals surface area contributed by atoms with Crippen molar-refractivity contribution >= 4 is 24.0 Å². The van der Waals surface area contributed by atoms with E-state index in [1.54, 1.807) is 13.0 Å². The highest BCUT2D eigenvalue weighted by Crippen LogP contribution is 2.59. The van der Waals surface area contributed by atoms with Gasteiger partial charge in [-0.3, -0.25) is 9.59 Å². The maximum Gasteiger partial charge on any atom is 0.331 e. The molecule has 3 aliphatic carbocycles. The van der Waals surface area contributed by atoms with Gasteiger partial charge < -0.3 is 24.4 Å². The van der Waals surface area contributed by atoms with Crippen molar-refractivity contribution < 1.29 is 38.8 Å². The highest BCUT2D eigenvalue weighted by Gasteiger charge is 2.61. The fourth-order valence-electron chi connectivity index (χ4n) is 7.33. The first-order valence-corrected chi connectivity index (χ1v) is 14.2. The molecule has 1 aromatic rings. The fourth-order valence-corrected chi connectivity index (χ4v) is 7.33. The molecule has 1 aromatic carbocycles. The average molecular weight is 567 g/mol. The van der Waals surface area contributed by atoms with Gasteiger partial charge >= 0.3 is 17.9 Å². The Labute approximate surface area is 242 Å². The smallest absolute Gasteiger partial charge is 0.331 e. The second-order valence-electron chi connectivity index (χ2n) is 12.5. The summed E-state index contributed by atoms with van der Waals surface area (Å²) in [6.45, 7) is 14.7. The van der Waals surface area contributed by atoms with E-state index in [0.29, 0.717) is 24.0 Å². The average Bonchev–Trinajstić information content (AvgIpc) is 2.89. The number of aliphatic hydroxyl groups excluding tert-OH is 2. The van der Waals surface area contributed by atoms with Crippen LogP contribution in [-0.4, -0.2) is 58.6 Å². The summed E-state index contributed by atoms with van der Waals surface area (Å²) in [5, 5.41) is 23.6. The van der Waals surface area contributed by atoms with Crippen molar-refractivity contribution in [2.45, 2.75) is 91.3 Å². The van der Waals surface area contributed by atoms with Crippen molar-refractivity contribution in [3.63, 3.8) is 0 Å². The highest BCUT2D eigenvalue weighted by atomic mass is 16.6. The van der Waals surface area contributed by atoms with Crippen molar-refractivity contribution in [2.24, 2.45) is 22.7 Å². The molecule has 2 bridgehead atoms. The second kappa shape index (κ2) is 11.6. The molecule has 0 aromatic heterocycles. The molecule has 222 valence electrons. The molecule has 4 rings (SSSR count). The molecule has 8 atom stereocenters. The number of carbonyl (C=O) groups is 3. The number of hydrogen-bond donors (Lipinski definition) is 2. The summed E-state index contributed by atoms with van der Waals surface area (Å²) in [6, 6.07) is 9.36. The topological polar surface area (TPSA) is 119 Å². The zero-order chi connectivity index (χ0) is 30.3. The Kier molecular flexibility index (Phi) is 8.67. The van der Waals surface area contributed by atoms with Gasteiger partial charge in [0.05, 0.1) is 6.10 Å². The van der Waals surface area contributed by atoms with E-state index in [0.717, 1.165) is 11.1 Å². The molecule has 3 aliphatic rings. The molecule has 0 spiro atoms. The van der Waals surface area contributed by atoms with E-state index in [2.05, 4.69) is 6.58 Å². The van der Waals surface area contributed by atoms with Gasteiger partial charge in [-0.05, 0) is 65.4 Å². The number of benzene rings is 1. The van der Waals surface area contributed by atoms with Crippen LogP contribution in [0.5, 0.6) is 0 Å². The molecular weight excluding hydrogens is 524 g/mol. The first-order chi connectivity index (χ1) is 19.2. The Morgan fingerprint density at radius 1 is 0.927 bits per heavy atom. The Balaban J connectivity index is 1.73. The van der Waals surface area contributed by atoms with E-state index in [1.807, 2.05) is 51.1 Å². The van der Waals surface area contributed by atoms with Crippen LogP contribution in [-0.2, 0) is 28.6 Å². The number of aliphatic hydroxyl groups is 2. The molecule has 2 N–H and O–H groups in total. The van der Waals surface area contributed by atoms with Gasteiger partial charge in [-0.15, -0.1) is 0 Å². The normalized spacial score (nSPS) is 34.7. The summed E-state index contributed by atoms with van der Waals surface area (Å²) < 4.78 is 17.3. The van der Waals surface area contributed by atoms with Gasteiger partial charge in [-0.2, -0.15) is 0 Å². The van der Waals surface area contributed by atoms with Crippen LogP contribution in [0.15, 0.2) is 59.7 Å². The van der Waals surface area contributed by atoms with Gasteiger partial charge in [-0.1, -0.05) is 57.7 Å². The minimum absolute atomic E-state index is 0.0444. The van der Waals surface area contributed by atoms with Gasteiger partial charge in [0.25, 0.3) is 0 Å². The van der Waals surface area contributed by atoms with E-state index in [-0.39, 0.29) is 12.3 Å². The number of fused-ring (bicyclic) bond motifs is 3. The maximum atomic E-state index is 12.8. The third kappa shape index (κ3) is 5.77. The Morgan fingerprint density at radius 2 is 1.56 bits per heavy atom. The number of rotatable bonds is 5. The van der Waals surface area contributed by atoms with E-state index in [4.69, 9.17) is 14.2 Å². The van der Waals surface area contributed by atoms with Crippen LogP contribution >= 0.6 is 0 Å². The molecule has 8 nitrogen and oxygen atoms in total. The molecule has 0 radical (unpaired) electrons. The lowest BCUT2D eigenvalue weighted by molar-refractivity contribution is -0.189. The van der Waals surface area contributed by atoms with Crippen LogP contribution in [0.1, 0.15) is 66.4 Å². The van der Waals surface area contributed by atoms with Gasteiger partial charge in [-0.25, -0.2) is 4.79 Å². The molecule has 0 saturated heterocycles. The molecule has 0 heterocycles. The molecule has 8 unspecified atom stereocenters. The summed E-state index contributed by atoms with van der Waals surface area (Å²) >= 11 is 0. The monoisotopic (exact) mass is 566 g/mol. The maximum absolute atomic E-state index is 12.8. The van der Waals surface area contributed by atoms with Crippen molar-refractivity contribution in [1.29, 1.82) is 0 Å². The summed E-state index contributed by atoms with van der Waals surface area (Å²) in [7, 11) is 0. The van der Waals surface area contributed by atoms with Crippen LogP contribution in [0, 0.1) is 22.7 Å². The minimum Gasteiger partial charge on any atom is -0.458 e. The van der Waals surface area contributed by atoms with Crippen molar-refractivity contribution in [3.05, 3.63) is 65.3 Å². The van der Waals surface area contributed by atoms with Gasteiger partial charge in [0.1, 0.15) is 18.3 Å². The molecule has 0 amide bonds. The molecule has 2 fully saturated rings. The molecule has 2 saturated carbocycles. The van der Waals surface area contributed by atoms with Crippen LogP contribution in [0.25, 0.3) is 6.08 Å². The lowest BCUT2D eigenvalue weighted by Crippen LogP contribution is -2.63. The van der Waals surface area contributed by atoms with E-state index >= 15 is 0 Å². The summed E-state index contributed by atoms with van der Waals surface area (Å²) in [6.07, 6.45) is -0.733. The van der Waals surface area contributed by atoms with Gasteiger partial charge in [0.2, 0.25) is 0 Å². The Morgan fingerprint density at radius 3 is 2.17 bits per heavy atom. The van der Waals surface area contributed by atoms with Gasteiger partial charge in [0, 0.05) is 31.8 Å².